The highest BCUT2D eigenvalue weighted by Gasteiger charge is 2.04. The summed E-state index contributed by atoms with van der Waals surface area (Å²) in [5.74, 6) is 0.874. The van der Waals surface area contributed by atoms with Crippen molar-refractivity contribution < 1.29 is 4.74 Å². The third kappa shape index (κ3) is 2.76. The summed E-state index contributed by atoms with van der Waals surface area (Å²) in [5, 5.41) is 3.52. The Morgan fingerprint density at radius 1 is 1.35 bits per heavy atom. The van der Waals surface area contributed by atoms with Crippen molar-refractivity contribution in [1.82, 2.24) is 9.97 Å². The van der Waals surface area contributed by atoms with Crippen molar-refractivity contribution in [2.75, 3.05) is 18.2 Å². The van der Waals surface area contributed by atoms with Gasteiger partial charge in [0.25, 0.3) is 0 Å². The van der Waals surface area contributed by atoms with Gasteiger partial charge in [0.15, 0.2) is 0 Å². The second-order valence-electron chi connectivity index (χ2n) is 3.29. The van der Waals surface area contributed by atoms with Gasteiger partial charge in [0, 0.05) is 18.0 Å². The molecule has 0 unspecified atom stereocenters. The first kappa shape index (κ1) is 11.5. The molecule has 1 aromatic heterocycles. The van der Waals surface area contributed by atoms with Crippen LogP contribution >= 0.6 is 11.6 Å². The van der Waals surface area contributed by atoms with E-state index in [0.717, 1.165) is 0 Å². The van der Waals surface area contributed by atoms with E-state index in [9.17, 15) is 0 Å². The molecule has 0 bridgehead atoms. The van der Waals surface area contributed by atoms with E-state index >= 15 is 0 Å². The molecule has 5 nitrogen and oxygen atoms in total. The van der Waals surface area contributed by atoms with Gasteiger partial charge in [0.2, 0.25) is 11.8 Å². The molecule has 6 heteroatoms. The van der Waals surface area contributed by atoms with Gasteiger partial charge in [0.05, 0.1) is 17.8 Å². The largest absolute Gasteiger partial charge is 0.481 e. The number of nitrogen functional groups attached to an aromatic ring is 1. The normalized spacial score (nSPS) is 10.0. The van der Waals surface area contributed by atoms with Crippen molar-refractivity contribution in [2.45, 2.75) is 0 Å². The molecule has 0 atom stereocenters. The van der Waals surface area contributed by atoms with Crippen LogP contribution in [0.2, 0.25) is 5.02 Å². The molecule has 1 heterocycles. The number of methoxy groups -OCH3 is 1. The lowest BCUT2D eigenvalue weighted by Crippen LogP contribution is -1.99. The molecule has 0 saturated carbocycles. The molecule has 0 amide bonds. The number of nitrogens with zero attached hydrogens (tertiary/aromatic N) is 2. The molecule has 0 saturated heterocycles. The monoisotopic (exact) mass is 250 g/mol. The fraction of sp³-hybridized carbons (Fsp3) is 0.0909. The van der Waals surface area contributed by atoms with Crippen LogP contribution in [0.1, 0.15) is 0 Å². The second kappa shape index (κ2) is 4.88. The lowest BCUT2D eigenvalue weighted by Gasteiger charge is -2.08. The summed E-state index contributed by atoms with van der Waals surface area (Å²) < 4.78 is 5.00. The van der Waals surface area contributed by atoms with Gasteiger partial charge in [-0.1, -0.05) is 11.6 Å². The van der Waals surface area contributed by atoms with E-state index < -0.39 is 0 Å². The molecule has 0 aliphatic carbocycles. The number of hydrogen-bond donors (Lipinski definition) is 2. The summed E-state index contributed by atoms with van der Waals surface area (Å²) in [6.45, 7) is 0. The summed E-state index contributed by atoms with van der Waals surface area (Å²) in [6, 6.07) is 6.80. The first-order valence-electron chi connectivity index (χ1n) is 4.88. The standard InChI is InChI=1S/C11H11ClN4O/c1-17-10-4-5-14-11(16-10)15-9-6-7(13)2-3-8(9)12/h2-6H,13H2,1H3,(H,14,15,16). The third-order valence-corrected chi connectivity index (χ3v) is 2.41. The molecule has 0 radical (unpaired) electrons. The lowest BCUT2D eigenvalue weighted by atomic mass is 10.3. The average Bonchev–Trinajstić information content (AvgIpc) is 2.34. The van der Waals surface area contributed by atoms with E-state index in [4.69, 9.17) is 22.1 Å². The number of ether oxygens (including phenoxy) is 1. The molecule has 0 spiro atoms. The van der Waals surface area contributed by atoms with E-state index in [-0.39, 0.29) is 0 Å². The molecule has 17 heavy (non-hydrogen) atoms. The van der Waals surface area contributed by atoms with Crippen LogP contribution in [0.15, 0.2) is 30.5 Å². The van der Waals surface area contributed by atoms with Crippen LogP contribution in [0, 0.1) is 0 Å². The van der Waals surface area contributed by atoms with Gasteiger partial charge in [-0.2, -0.15) is 4.98 Å². The summed E-state index contributed by atoms with van der Waals surface area (Å²) in [5.41, 5.74) is 6.94. The molecule has 2 aromatic rings. The third-order valence-electron chi connectivity index (χ3n) is 2.08. The van der Waals surface area contributed by atoms with E-state index in [1.165, 1.54) is 0 Å². The predicted molar refractivity (Wildman–Crippen MR) is 67.7 cm³/mol. The summed E-state index contributed by atoms with van der Waals surface area (Å²) in [7, 11) is 1.54. The van der Waals surface area contributed by atoms with Crippen molar-refractivity contribution in [1.29, 1.82) is 0 Å². The van der Waals surface area contributed by atoms with Gasteiger partial charge < -0.3 is 15.8 Å². The maximum Gasteiger partial charge on any atom is 0.230 e. The van der Waals surface area contributed by atoms with Crippen LogP contribution in [0.5, 0.6) is 5.88 Å². The zero-order valence-corrected chi connectivity index (χ0v) is 9.90. The van der Waals surface area contributed by atoms with E-state index in [2.05, 4.69) is 15.3 Å². The topological polar surface area (TPSA) is 73.1 Å². The highest BCUT2D eigenvalue weighted by atomic mass is 35.5. The number of nitrogens with two attached hydrogens (primary N) is 1. The number of nitrogens with one attached hydrogen (secondary N) is 1. The molecular weight excluding hydrogens is 240 g/mol. The fourth-order valence-electron chi connectivity index (χ4n) is 1.28. The Hall–Kier alpha value is -2.01. The second-order valence-corrected chi connectivity index (χ2v) is 3.69. The Labute approximate surface area is 104 Å². The Bertz CT molecular complexity index is 533. The van der Waals surface area contributed by atoms with E-state index in [1.807, 2.05) is 0 Å². The van der Waals surface area contributed by atoms with Gasteiger partial charge in [-0.25, -0.2) is 4.98 Å². The van der Waals surface area contributed by atoms with Gasteiger partial charge >= 0.3 is 0 Å². The fourth-order valence-corrected chi connectivity index (χ4v) is 1.44. The minimum Gasteiger partial charge on any atom is -0.481 e. The zero-order chi connectivity index (χ0) is 12.3. The molecule has 1 aromatic carbocycles. The first-order chi connectivity index (χ1) is 8.19. The number of anilines is 3. The van der Waals surface area contributed by atoms with Gasteiger partial charge in [-0.05, 0) is 18.2 Å². The Kier molecular flexibility index (Phi) is 3.30. The number of aromatic nitrogens is 2. The highest BCUT2D eigenvalue weighted by Crippen LogP contribution is 2.26. The molecule has 88 valence electrons. The summed E-state index contributed by atoms with van der Waals surface area (Å²) in [4.78, 5) is 8.17. The van der Waals surface area contributed by atoms with Crippen LogP contribution in [0.3, 0.4) is 0 Å². The molecule has 0 aliphatic heterocycles. The molecular formula is C11H11ClN4O. The van der Waals surface area contributed by atoms with Gasteiger partial charge in [-0.3, -0.25) is 0 Å². The minimum absolute atomic E-state index is 0.400. The Morgan fingerprint density at radius 2 is 2.18 bits per heavy atom. The summed E-state index contributed by atoms with van der Waals surface area (Å²) >= 11 is 6.01. The maximum atomic E-state index is 6.01. The lowest BCUT2D eigenvalue weighted by molar-refractivity contribution is 0.397. The molecule has 0 aliphatic rings. The minimum atomic E-state index is 0.400. The number of hydrogen-bond acceptors (Lipinski definition) is 5. The van der Waals surface area contributed by atoms with Crippen LogP contribution in [0.4, 0.5) is 17.3 Å². The smallest absolute Gasteiger partial charge is 0.230 e. The molecule has 0 fully saturated rings. The van der Waals surface area contributed by atoms with Crippen molar-refractivity contribution in [2.24, 2.45) is 0 Å². The van der Waals surface area contributed by atoms with Crippen molar-refractivity contribution in [3.63, 3.8) is 0 Å². The first-order valence-corrected chi connectivity index (χ1v) is 5.26. The highest BCUT2D eigenvalue weighted by molar-refractivity contribution is 6.33. The average molecular weight is 251 g/mol. The van der Waals surface area contributed by atoms with Crippen LogP contribution < -0.4 is 15.8 Å². The quantitative estimate of drug-likeness (QED) is 0.819. The van der Waals surface area contributed by atoms with Crippen molar-refractivity contribution >= 4 is 28.9 Å². The van der Waals surface area contributed by atoms with Crippen LogP contribution in [-0.2, 0) is 0 Å². The number of rotatable bonds is 3. The van der Waals surface area contributed by atoms with Crippen LogP contribution in [-0.4, -0.2) is 17.1 Å². The van der Waals surface area contributed by atoms with E-state index in [1.54, 1.807) is 37.6 Å². The van der Waals surface area contributed by atoms with Crippen molar-refractivity contribution in [3.8, 4) is 5.88 Å². The van der Waals surface area contributed by atoms with Crippen molar-refractivity contribution in [3.05, 3.63) is 35.5 Å². The number of halogens is 1. The number of benzene rings is 1. The molecule has 2 rings (SSSR count). The van der Waals surface area contributed by atoms with E-state index in [0.29, 0.717) is 28.2 Å². The Morgan fingerprint density at radius 3 is 2.94 bits per heavy atom. The molecule has 3 N–H and O–H groups in total. The maximum absolute atomic E-state index is 6.01. The summed E-state index contributed by atoms with van der Waals surface area (Å²) in [6.07, 6.45) is 1.59. The van der Waals surface area contributed by atoms with Crippen LogP contribution in [0.25, 0.3) is 0 Å². The zero-order valence-electron chi connectivity index (χ0n) is 9.14. The predicted octanol–water partition coefficient (Wildman–Crippen LogP) is 2.46. The van der Waals surface area contributed by atoms with Gasteiger partial charge in [0.1, 0.15) is 0 Å². The Balaban J connectivity index is 2.27. The van der Waals surface area contributed by atoms with Gasteiger partial charge in [-0.15, -0.1) is 0 Å². The SMILES string of the molecule is COc1ccnc(Nc2cc(N)ccc2Cl)n1.